The Bertz CT molecular complexity index is 1290. The second-order valence-corrected chi connectivity index (χ2v) is 6.97. The Morgan fingerprint density at radius 1 is 1.10 bits per heavy atom. The molecule has 1 N–H and O–H groups in total. The summed E-state index contributed by atoms with van der Waals surface area (Å²) in [5.74, 6) is 0.474. The van der Waals surface area contributed by atoms with E-state index in [1.165, 1.54) is 16.6 Å². The Morgan fingerprint density at radius 2 is 1.81 bits per heavy atom. The standard InChI is InChI=1S/C22H20FN5O3/c1-14-25-27(13-21(29)24-12-15-3-7-17(23)8-4-15)22(30)20-11-19(26-28(14)20)16-5-9-18(31-2)10-6-16/h3-11H,12-13H2,1-2H3,(H,24,29). The molecule has 2 aromatic heterocycles. The Kier molecular flexibility index (Phi) is 5.48. The first-order chi connectivity index (χ1) is 14.9. The minimum absolute atomic E-state index is 0.226. The molecule has 0 atom stereocenters. The first-order valence-electron chi connectivity index (χ1n) is 9.57. The lowest BCUT2D eigenvalue weighted by Crippen LogP contribution is -2.34. The average Bonchev–Trinajstić information content (AvgIpc) is 3.23. The number of rotatable bonds is 6. The molecule has 4 rings (SSSR count). The highest BCUT2D eigenvalue weighted by Crippen LogP contribution is 2.21. The van der Waals surface area contributed by atoms with Gasteiger partial charge in [-0.1, -0.05) is 12.1 Å². The number of aryl methyl sites for hydroxylation is 1. The maximum atomic E-state index is 13.0. The Balaban J connectivity index is 1.55. The fourth-order valence-corrected chi connectivity index (χ4v) is 3.18. The summed E-state index contributed by atoms with van der Waals surface area (Å²) in [4.78, 5) is 25.2. The molecule has 0 bridgehead atoms. The van der Waals surface area contributed by atoms with E-state index in [1.54, 1.807) is 32.2 Å². The van der Waals surface area contributed by atoms with Crippen LogP contribution >= 0.6 is 0 Å². The predicted octanol–water partition coefficient (Wildman–Crippen LogP) is 2.33. The van der Waals surface area contributed by atoms with Crippen LogP contribution in [0, 0.1) is 12.7 Å². The van der Waals surface area contributed by atoms with Crippen molar-refractivity contribution in [2.45, 2.75) is 20.0 Å². The van der Waals surface area contributed by atoms with E-state index in [1.807, 2.05) is 24.3 Å². The van der Waals surface area contributed by atoms with Crippen molar-refractivity contribution in [1.29, 1.82) is 0 Å². The lowest BCUT2D eigenvalue weighted by Gasteiger charge is -2.08. The number of aromatic nitrogens is 4. The SMILES string of the molecule is COc1ccc(-c2cc3c(=O)n(CC(=O)NCc4ccc(F)cc4)nc(C)n3n2)cc1. The van der Waals surface area contributed by atoms with Crippen LogP contribution in [0.5, 0.6) is 5.75 Å². The van der Waals surface area contributed by atoms with Crippen LogP contribution in [0.1, 0.15) is 11.4 Å². The first-order valence-corrected chi connectivity index (χ1v) is 9.57. The molecule has 0 aliphatic heterocycles. The van der Waals surface area contributed by atoms with Crippen LogP contribution in [0.25, 0.3) is 16.8 Å². The Hall–Kier alpha value is -4.01. The Morgan fingerprint density at radius 3 is 2.48 bits per heavy atom. The van der Waals surface area contributed by atoms with Gasteiger partial charge in [-0.2, -0.15) is 10.2 Å². The van der Waals surface area contributed by atoms with Crippen molar-refractivity contribution in [2.75, 3.05) is 7.11 Å². The number of carbonyl (C=O) groups excluding carboxylic acids is 1. The van der Waals surface area contributed by atoms with Crippen LogP contribution in [0.15, 0.2) is 59.4 Å². The van der Waals surface area contributed by atoms with Gasteiger partial charge in [0.25, 0.3) is 5.56 Å². The quantitative estimate of drug-likeness (QED) is 0.516. The van der Waals surface area contributed by atoms with E-state index in [0.29, 0.717) is 17.0 Å². The van der Waals surface area contributed by atoms with Gasteiger partial charge in [0.05, 0.1) is 12.8 Å². The van der Waals surface area contributed by atoms with Crippen molar-refractivity contribution < 1.29 is 13.9 Å². The van der Waals surface area contributed by atoms with Crippen LogP contribution < -0.4 is 15.6 Å². The third-order valence-corrected chi connectivity index (χ3v) is 4.82. The van der Waals surface area contributed by atoms with E-state index in [-0.39, 0.29) is 24.8 Å². The van der Waals surface area contributed by atoms with E-state index in [2.05, 4.69) is 15.5 Å². The average molecular weight is 421 g/mol. The predicted molar refractivity (Wildman–Crippen MR) is 112 cm³/mol. The minimum Gasteiger partial charge on any atom is -0.497 e. The number of fused-ring (bicyclic) bond motifs is 1. The van der Waals surface area contributed by atoms with Crippen molar-refractivity contribution in [3.05, 3.63) is 82.2 Å². The van der Waals surface area contributed by atoms with Gasteiger partial charge < -0.3 is 10.1 Å². The smallest absolute Gasteiger partial charge is 0.293 e. The first kappa shape index (κ1) is 20.3. The van der Waals surface area contributed by atoms with Crippen LogP contribution in [0.2, 0.25) is 0 Å². The van der Waals surface area contributed by atoms with Gasteiger partial charge in [-0.05, 0) is 55.0 Å². The number of nitrogens with one attached hydrogen (secondary N) is 1. The number of amides is 1. The molecule has 0 saturated carbocycles. The molecule has 158 valence electrons. The summed E-state index contributed by atoms with van der Waals surface area (Å²) < 4.78 is 20.7. The molecule has 0 aliphatic rings. The fourth-order valence-electron chi connectivity index (χ4n) is 3.18. The molecular weight excluding hydrogens is 401 g/mol. The van der Waals surface area contributed by atoms with E-state index in [4.69, 9.17) is 4.74 Å². The molecule has 31 heavy (non-hydrogen) atoms. The van der Waals surface area contributed by atoms with Crippen LogP contribution in [-0.2, 0) is 17.9 Å². The number of hydrogen-bond acceptors (Lipinski definition) is 5. The topological polar surface area (TPSA) is 90.5 Å². The number of methoxy groups -OCH3 is 1. The lowest BCUT2D eigenvalue weighted by molar-refractivity contribution is -0.122. The van der Waals surface area contributed by atoms with E-state index in [9.17, 15) is 14.0 Å². The normalized spacial score (nSPS) is 10.9. The minimum atomic E-state index is -0.421. The van der Waals surface area contributed by atoms with Gasteiger partial charge in [0.1, 0.15) is 29.5 Å². The van der Waals surface area contributed by atoms with E-state index in [0.717, 1.165) is 21.6 Å². The molecule has 0 unspecified atom stereocenters. The van der Waals surface area contributed by atoms with E-state index >= 15 is 0 Å². The summed E-state index contributed by atoms with van der Waals surface area (Å²) in [5, 5.41) is 11.4. The van der Waals surface area contributed by atoms with Crippen molar-refractivity contribution >= 4 is 11.4 Å². The molecule has 9 heteroatoms. The highest BCUT2D eigenvalue weighted by Gasteiger charge is 2.15. The van der Waals surface area contributed by atoms with Gasteiger partial charge in [0, 0.05) is 12.1 Å². The summed E-state index contributed by atoms with van der Waals surface area (Å²) in [6.45, 7) is 1.70. The molecule has 4 aromatic rings. The number of halogens is 1. The molecule has 2 aromatic carbocycles. The molecule has 0 aliphatic carbocycles. The zero-order valence-electron chi connectivity index (χ0n) is 17.0. The van der Waals surface area contributed by atoms with Crippen LogP contribution in [0.3, 0.4) is 0 Å². The van der Waals surface area contributed by atoms with Gasteiger partial charge in [0.15, 0.2) is 0 Å². The molecule has 0 fully saturated rings. The van der Waals surface area contributed by atoms with Crippen molar-refractivity contribution in [1.82, 2.24) is 24.7 Å². The third kappa shape index (κ3) is 4.30. The summed E-state index contributed by atoms with van der Waals surface area (Å²) in [6.07, 6.45) is 0. The third-order valence-electron chi connectivity index (χ3n) is 4.82. The highest BCUT2D eigenvalue weighted by atomic mass is 19.1. The molecule has 0 saturated heterocycles. The molecule has 1 amide bonds. The maximum absolute atomic E-state index is 13.0. The highest BCUT2D eigenvalue weighted by molar-refractivity contribution is 5.75. The summed E-state index contributed by atoms with van der Waals surface area (Å²) in [7, 11) is 1.59. The summed E-state index contributed by atoms with van der Waals surface area (Å²) in [6, 6.07) is 14.8. The van der Waals surface area contributed by atoms with Crippen LogP contribution in [0.4, 0.5) is 4.39 Å². The summed E-state index contributed by atoms with van der Waals surface area (Å²) in [5.41, 5.74) is 2.09. The molecular formula is C22H20FN5O3. The monoisotopic (exact) mass is 421 g/mol. The van der Waals surface area contributed by atoms with Gasteiger partial charge in [-0.25, -0.2) is 13.6 Å². The molecule has 0 radical (unpaired) electrons. The molecule has 2 heterocycles. The van der Waals surface area contributed by atoms with Gasteiger partial charge >= 0.3 is 0 Å². The van der Waals surface area contributed by atoms with Gasteiger partial charge in [0.2, 0.25) is 5.91 Å². The second-order valence-electron chi connectivity index (χ2n) is 6.97. The van der Waals surface area contributed by atoms with E-state index < -0.39 is 5.56 Å². The number of nitrogens with zero attached hydrogens (tertiary/aromatic N) is 4. The lowest BCUT2D eigenvalue weighted by atomic mass is 10.1. The number of ether oxygens (including phenoxy) is 1. The number of hydrogen-bond donors (Lipinski definition) is 1. The fraction of sp³-hybridized carbons (Fsp3) is 0.182. The number of benzene rings is 2. The largest absolute Gasteiger partial charge is 0.497 e. The van der Waals surface area contributed by atoms with Crippen molar-refractivity contribution in [3.63, 3.8) is 0 Å². The summed E-state index contributed by atoms with van der Waals surface area (Å²) >= 11 is 0. The zero-order valence-corrected chi connectivity index (χ0v) is 17.0. The molecule has 0 spiro atoms. The number of carbonyl (C=O) groups is 1. The van der Waals surface area contributed by atoms with Gasteiger partial charge in [-0.3, -0.25) is 9.59 Å². The second kappa shape index (κ2) is 8.39. The van der Waals surface area contributed by atoms with Crippen LogP contribution in [-0.4, -0.2) is 32.4 Å². The van der Waals surface area contributed by atoms with Crippen molar-refractivity contribution in [3.8, 4) is 17.0 Å². The molecule has 8 nitrogen and oxygen atoms in total. The maximum Gasteiger partial charge on any atom is 0.293 e. The van der Waals surface area contributed by atoms with Crippen molar-refractivity contribution in [2.24, 2.45) is 0 Å². The zero-order chi connectivity index (χ0) is 22.0. The Labute approximate surface area is 176 Å². The van der Waals surface area contributed by atoms with Gasteiger partial charge in [-0.15, -0.1) is 0 Å².